The van der Waals surface area contributed by atoms with Crippen LogP contribution in [0.4, 0.5) is 4.39 Å². The lowest BCUT2D eigenvalue weighted by Crippen LogP contribution is -2.58. The summed E-state index contributed by atoms with van der Waals surface area (Å²) >= 11 is 0. The van der Waals surface area contributed by atoms with E-state index in [9.17, 15) is 4.39 Å². The van der Waals surface area contributed by atoms with Crippen LogP contribution in [0.2, 0.25) is 0 Å². The van der Waals surface area contributed by atoms with E-state index in [-0.39, 0.29) is 11.2 Å². The second-order valence-corrected chi connectivity index (χ2v) is 5.14. The molecule has 1 atom stereocenters. The number of halogens is 1. The Hall–Kier alpha value is -1.13. The maximum absolute atomic E-state index is 13.5. The lowest BCUT2D eigenvalue weighted by molar-refractivity contribution is -0.0770. The van der Waals surface area contributed by atoms with Crippen molar-refractivity contribution >= 4 is 0 Å². The molecule has 0 radical (unpaired) electrons. The van der Waals surface area contributed by atoms with Gasteiger partial charge in [0, 0.05) is 11.6 Å². The zero-order valence-electron chi connectivity index (χ0n) is 10.5. The molecule has 98 valence electrons. The lowest BCUT2D eigenvalue weighted by atomic mass is 9.71. The third-order valence-corrected chi connectivity index (χ3v) is 4.14. The molecule has 18 heavy (non-hydrogen) atoms. The quantitative estimate of drug-likeness (QED) is 0.889. The topological polar surface area (TPSA) is 30.5 Å². The van der Waals surface area contributed by atoms with Gasteiger partial charge in [-0.05, 0) is 37.6 Å². The van der Waals surface area contributed by atoms with Crippen LogP contribution in [0.1, 0.15) is 18.4 Å². The molecule has 1 unspecified atom stereocenters. The van der Waals surface area contributed by atoms with Crippen LogP contribution in [-0.4, -0.2) is 32.9 Å². The van der Waals surface area contributed by atoms with Crippen molar-refractivity contribution in [3.05, 3.63) is 29.6 Å². The average molecular weight is 251 g/mol. The lowest BCUT2D eigenvalue weighted by Gasteiger charge is -2.46. The van der Waals surface area contributed by atoms with Gasteiger partial charge < -0.3 is 14.8 Å². The van der Waals surface area contributed by atoms with Crippen LogP contribution in [0.3, 0.4) is 0 Å². The van der Waals surface area contributed by atoms with Crippen molar-refractivity contribution in [2.45, 2.75) is 24.3 Å². The first-order chi connectivity index (χ1) is 8.76. The maximum atomic E-state index is 13.5. The summed E-state index contributed by atoms with van der Waals surface area (Å²) in [5.41, 5.74) is 0.819. The van der Waals surface area contributed by atoms with Crippen LogP contribution in [0.15, 0.2) is 18.2 Å². The highest BCUT2D eigenvalue weighted by Crippen LogP contribution is 2.43. The molecule has 1 aromatic carbocycles. The van der Waals surface area contributed by atoms with Crippen molar-refractivity contribution in [3.8, 4) is 5.75 Å². The molecule has 2 aliphatic rings. The number of benzene rings is 1. The van der Waals surface area contributed by atoms with Gasteiger partial charge in [0.2, 0.25) is 0 Å². The number of rotatable bonds is 3. The second kappa shape index (κ2) is 4.52. The van der Waals surface area contributed by atoms with E-state index in [0.717, 1.165) is 24.3 Å². The maximum Gasteiger partial charge on any atom is 0.123 e. The normalized spacial score (nSPS) is 25.8. The van der Waals surface area contributed by atoms with Crippen molar-refractivity contribution in [2.24, 2.45) is 0 Å². The van der Waals surface area contributed by atoms with Gasteiger partial charge in [0.25, 0.3) is 0 Å². The molecule has 0 spiro atoms. The van der Waals surface area contributed by atoms with Crippen molar-refractivity contribution in [2.75, 3.05) is 26.9 Å². The van der Waals surface area contributed by atoms with Crippen LogP contribution < -0.4 is 10.1 Å². The van der Waals surface area contributed by atoms with E-state index in [2.05, 4.69) is 5.32 Å². The van der Waals surface area contributed by atoms with Crippen molar-refractivity contribution in [1.82, 2.24) is 5.32 Å². The minimum Gasteiger partial charge on any atom is -0.496 e. The molecule has 0 amide bonds. The fraction of sp³-hybridized carbons (Fsp3) is 0.571. The molecule has 1 aromatic rings. The molecule has 3 nitrogen and oxygen atoms in total. The van der Waals surface area contributed by atoms with Crippen molar-refractivity contribution < 1.29 is 13.9 Å². The molecule has 3 rings (SSSR count). The van der Waals surface area contributed by atoms with Crippen LogP contribution in [-0.2, 0) is 10.2 Å². The summed E-state index contributed by atoms with van der Waals surface area (Å²) in [5, 5.41) is 3.51. The van der Waals surface area contributed by atoms with Gasteiger partial charge in [-0.25, -0.2) is 4.39 Å². The van der Waals surface area contributed by atoms with E-state index >= 15 is 0 Å². The van der Waals surface area contributed by atoms with Crippen LogP contribution in [0.5, 0.6) is 5.75 Å². The summed E-state index contributed by atoms with van der Waals surface area (Å²) in [4.78, 5) is 0. The van der Waals surface area contributed by atoms with Crippen molar-refractivity contribution in [1.29, 1.82) is 0 Å². The Bertz CT molecular complexity index is 439. The highest BCUT2D eigenvalue weighted by atomic mass is 19.1. The average Bonchev–Trinajstić information content (AvgIpc) is 2.82. The standard InChI is InChI=1S/C14H18FNO2/c1-17-12-5-4-10(15)7-11(12)14(8-18-9-14)13-3-2-6-16-13/h4-5,7,13,16H,2-3,6,8-9H2,1H3. The van der Waals surface area contributed by atoms with Gasteiger partial charge in [0.15, 0.2) is 0 Å². The molecular formula is C14H18FNO2. The van der Waals surface area contributed by atoms with Gasteiger partial charge >= 0.3 is 0 Å². The summed E-state index contributed by atoms with van der Waals surface area (Å²) < 4.78 is 24.4. The van der Waals surface area contributed by atoms with E-state index in [1.54, 1.807) is 19.2 Å². The number of nitrogens with one attached hydrogen (secondary N) is 1. The van der Waals surface area contributed by atoms with Crippen LogP contribution >= 0.6 is 0 Å². The summed E-state index contributed by atoms with van der Waals surface area (Å²) in [6, 6.07) is 5.11. The van der Waals surface area contributed by atoms with E-state index in [1.807, 2.05) is 0 Å². The summed E-state index contributed by atoms with van der Waals surface area (Å²) in [7, 11) is 1.63. The molecule has 1 N–H and O–H groups in total. The van der Waals surface area contributed by atoms with E-state index in [4.69, 9.17) is 9.47 Å². The van der Waals surface area contributed by atoms with E-state index in [1.165, 1.54) is 12.5 Å². The van der Waals surface area contributed by atoms with E-state index < -0.39 is 0 Å². The first-order valence-electron chi connectivity index (χ1n) is 6.41. The molecule has 0 aromatic heterocycles. The van der Waals surface area contributed by atoms with E-state index in [0.29, 0.717) is 19.3 Å². The Morgan fingerprint density at radius 1 is 1.44 bits per heavy atom. The fourth-order valence-electron chi connectivity index (χ4n) is 3.09. The van der Waals surface area contributed by atoms with Crippen LogP contribution in [0, 0.1) is 5.82 Å². The zero-order valence-corrected chi connectivity index (χ0v) is 10.5. The summed E-state index contributed by atoms with van der Waals surface area (Å²) in [6.45, 7) is 2.32. The molecule has 2 fully saturated rings. The number of hydrogen-bond acceptors (Lipinski definition) is 3. The Kier molecular flexibility index (Phi) is 2.99. The minimum atomic E-state index is -0.213. The largest absolute Gasteiger partial charge is 0.496 e. The predicted molar refractivity (Wildman–Crippen MR) is 66.5 cm³/mol. The third-order valence-electron chi connectivity index (χ3n) is 4.14. The fourth-order valence-corrected chi connectivity index (χ4v) is 3.09. The van der Waals surface area contributed by atoms with Gasteiger partial charge in [-0.2, -0.15) is 0 Å². The molecule has 2 saturated heterocycles. The Labute approximate surface area is 106 Å². The first-order valence-corrected chi connectivity index (χ1v) is 6.41. The Morgan fingerprint density at radius 2 is 2.28 bits per heavy atom. The van der Waals surface area contributed by atoms with Gasteiger partial charge in [0.1, 0.15) is 11.6 Å². The smallest absolute Gasteiger partial charge is 0.123 e. The summed E-state index contributed by atoms with van der Waals surface area (Å²) in [6.07, 6.45) is 2.28. The zero-order chi connectivity index (χ0) is 12.6. The SMILES string of the molecule is COc1ccc(F)cc1C1(C2CCCN2)COC1. The number of methoxy groups -OCH3 is 1. The molecular weight excluding hydrogens is 233 g/mol. The predicted octanol–water partition coefficient (Wildman–Crippen LogP) is 1.85. The molecule has 0 bridgehead atoms. The number of ether oxygens (including phenoxy) is 2. The molecule has 0 aliphatic carbocycles. The van der Waals surface area contributed by atoms with Gasteiger partial charge in [-0.15, -0.1) is 0 Å². The first kappa shape index (κ1) is 11.9. The molecule has 2 heterocycles. The Balaban J connectivity index is 2.02. The molecule has 4 heteroatoms. The number of hydrogen-bond donors (Lipinski definition) is 1. The highest BCUT2D eigenvalue weighted by Gasteiger charge is 2.49. The highest BCUT2D eigenvalue weighted by molar-refractivity contribution is 5.43. The van der Waals surface area contributed by atoms with Gasteiger partial charge in [0.05, 0.1) is 25.7 Å². The monoisotopic (exact) mass is 251 g/mol. The third kappa shape index (κ3) is 1.71. The molecule has 2 aliphatic heterocycles. The second-order valence-electron chi connectivity index (χ2n) is 5.14. The summed E-state index contributed by atoms with van der Waals surface area (Å²) in [5.74, 6) is 0.545. The Morgan fingerprint density at radius 3 is 2.83 bits per heavy atom. The molecule has 0 saturated carbocycles. The van der Waals surface area contributed by atoms with Gasteiger partial charge in [-0.3, -0.25) is 0 Å². The van der Waals surface area contributed by atoms with Gasteiger partial charge in [-0.1, -0.05) is 0 Å². The van der Waals surface area contributed by atoms with Crippen molar-refractivity contribution in [3.63, 3.8) is 0 Å². The minimum absolute atomic E-state index is 0.121. The van der Waals surface area contributed by atoms with Crippen LogP contribution in [0.25, 0.3) is 0 Å².